The molecule has 0 fully saturated rings. The summed E-state index contributed by atoms with van der Waals surface area (Å²) < 4.78 is 0. The van der Waals surface area contributed by atoms with Crippen LogP contribution in [0.1, 0.15) is 53.4 Å². The van der Waals surface area contributed by atoms with Gasteiger partial charge < -0.3 is 11.5 Å². The van der Waals surface area contributed by atoms with E-state index in [-0.39, 0.29) is 42.1 Å². The van der Waals surface area contributed by atoms with Crippen LogP contribution < -0.4 is 11.5 Å². The number of nitrogens with two attached hydrogens (primary N) is 2. The standard InChI is InChI=1S/C11H17NO.C11H19N.Al.Li.2H/c1-4-9(2)10(3)7-5-6-8-11(12)13;1-4-10(2)11(3)8-6-5-7-9-12;;;;/h4-5,7H,1,6,8H2,2-3H3,(H2,12,13);4,6,8H,1,5,7,9,12H2,2-3H3;;;;/b7-5+,10-9-;8-6+,11-10-;;;;. The number of allylic oxidation sites excluding steroid dienone is 10. The van der Waals surface area contributed by atoms with Crippen molar-refractivity contribution in [2.24, 2.45) is 11.5 Å². The molecule has 0 spiro atoms. The molecular formula is C22H38AlLiN2O. The third-order valence-corrected chi connectivity index (χ3v) is 3.72. The van der Waals surface area contributed by atoms with E-state index < -0.39 is 0 Å². The second-order valence-corrected chi connectivity index (χ2v) is 5.88. The Morgan fingerprint density at radius 1 is 0.852 bits per heavy atom. The van der Waals surface area contributed by atoms with E-state index in [9.17, 15) is 4.79 Å². The van der Waals surface area contributed by atoms with Gasteiger partial charge in [-0.25, -0.2) is 0 Å². The second-order valence-electron chi connectivity index (χ2n) is 5.88. The largest absolute Gasteiger partial charge is 0.370 e. The van der Waals surface area contributed by atoms with Gasteiger partial charge in [0.2, 0.25) is 5.91 Å². The predicted molar refractivity (Wildman–Crippen MR) is 126 cm³/mol. The average Bonchev–Trinajstić information content (AvgIpc) is 2.60. The number of rotatable bonds is 10. The van der Waals surface area contributed by atoms with Crippen molar-refractivity contribution in [2.45, 2.75) is 53.4 Å². The normalized spacial score (nSPS) is 12.0. The minimum atomic E-state index is -0.258. The van der Waals surface area contributed by atoms with Gasteiger partial charge in [0.25, 0.3) is 0 Å². The summed E-state index contributed by atoms with van der Waals surface area (Å²) in [5.74, 6) is -0.258. The Kier molecular flexibility index (Phi) is 28.6. The van der Waals surface area contributed by atoms with Crippen molar-refractivity contribution >= 4 is 42.1 Å². The Labute approximate surface area is 189 Å². The number of hydrogen-bond acceptors (Lipinski definition) is 2. The molecule has 0 aromatic heterocycles. The van der Waals surface area contributed by atoms with E-state index in [1.165, 1.54) is 16.7 Å². The Morgan fingerprint density at radius 3 is 1.59 bits per heavy atom. The molecule has 146 valence electrons. The number of carbonyl (C=O) groups excluding carboxylic acids is 1. The summed E-state index contributed by atoms with van der Waals surface area (Å²) in [5.41, 5.74) is 15.2. The molecule has 0 saturated carbocycles. The molecule has 4 N–H and O–H groups in total. The van der Waals surface area contributed by atoms with Crippen molar-refractivity contribution in [1.29, 1.82) is 0 Å². The van der Waals surface area contributed by atoms with Crippen LogP contribution in [0.2, 0.25) is 0 Å². The van der Waals surface area contributed by atoms with Crippen molar-refractivity contribution in [1.82, 2.24) is 0 Å². The van der Waals surface area contributed by atoms with Crippen LogP contribution in [0.4, 0.5) is 0 Å². The SMILES string of the molecule is C=C/C(C)=C(C)\C=C\CCC(N)=O.C=C/C(C)=C(C)\C=C\CCCN.[AlH2].[Li]. The smallest absolute Gasteiger partial charge is 0.217 e. The van der Waals surface area contributed by atoms with Crippen LogP contribution in [0.25, 0.3) is 0 Å². The maximum Gasteiger partial charge on any atom is 0.217 e. The first-order valence-electron chi connectivity index (χ1n) is 8.71. The van der Waals surface area contributed by atoms with Gasteiger partial charge in [-0.05, 0) is 75.8 Å². The number of primary amides is 1. The Morgan fingerprint density at radius 2 is 1.26 bits per heavy atom. The molecule has 0 unspecified atom stereocenters. The molecule has 5 heteroatoms. The molecule has 0 aliphatic carbocycles. The van der Waals surface area contributed by atoms with Gasteiger partial charge >= 0.3 is 0 Å². The van der Waals surface area contributed by atoms with Gasteiger partial charge in [-0.1, -0.05) is 49.6 Å². The van der Waals surface area contributed by atoms with Gasteiger partial charge in [0, 0.05) is 25.3 Å². The molecule has 0 heterocycles. The Balaban J connectivity index is -0.000000183. The maximum atomic E-state index is 10.4. The fraction of sp³-hybridized carbons (Fsp3) is 0.409. The third-order valence-electron chi connectivity index (χ3n) is 3.72. The quantitative estimate of drug-likeness (QED) is 0.343. The van der Waals surface area contributed by atoms with E-state index >= 15 is 0 Å². The molecular weight excluding hydrogens is 342 g/mol. The van der Waals surface area contributed by atoms with E-state index in [1.807, 2.05) is 38.2 Å². The molecule has 0 aromatic rings. The van der Waals surface area contributed by atoms with Crippen molar-refractivity contribution < 1.29 is 4.79 Å². The molecule has 1 amide bonds. The van der Waals surface area contributed by atoms with Gasteiger partial charge in [-0.2, -0.15) is 0 Å². The summed E-state index contributed by atoms with van der Waals surface area (Å²) in [6.45, 7) is 16.3. The van der Waals surface area contributed by atoms with Crippen molar-refractivity contribution in [2.75, 3.05) is 6.54 Å². The second kappa shape index (κ2) is 23.0. The van der Waals surface area contributed by atoms with Gasteiger partial charge in [0.15, 0.2) is 0 Å². The zero-order valence-electron chi connectivity index (χ0n) is 18.5. The van der Waals surface area contributed by atoms with Gasteiger partial charge in [0.1, 0.15) is 17.4 Å². The molecule has 0 aliphatic heterocycles. The summed E-state index contributed by atoms with van der Waals surface area (Å²) in [7, 11) is 0. The van der Waals surface area contributed by atoms with Crippen molar-refractivity contribution in [3.05, 3.63) is 71.9 Å². The minimum absolute atomic E-state index is 0. The maximum absolute atomic E-state index is 10.4. The Bertz CT molecular complexity index is 547. The van der Waals surface area contributed by atoms with Crippen molar-refractivity contribution in [3.63, 3.8) is 0 Å². The van der Waals surface area contributed by atoms with E-state index in [2.05, 4.69) is 39.2 Å². The molecule has 0 atom stereocenters. The third kappa shape index (κ3) is 23.0. The molecule has 0 saturated heterocycles. The summed E-state index contributed by atoms with van der Waals surface area (Å²) >= 11 is 0. The van der Waals surface area contributed by atoms with Crippen LogP contribution in [-0.2, 0) is 4.79 Å². The van der Waals surface area contributed by atoms with Gasteiger partial charge in [-0.3, -0.25) is 4.79 Å². The number of carbonyl (C=O) groups is 1. The van der Waals surface area contributed by atoms with Crippen LogP contribution in [0, 0.1) is 0 Å². The van der Waals surface area contributed by atoms with E-state index in [4.69, 9.17) is 11.5 Å². The minimum Gasteiger partial charge on any atom is -0.370 e. The topological polar surface area (TPSA) is 69.1 Å². The molecule has 27 heavy (non-hydrogen) atoms. The first-order chi connectivity index (χ1) is 11.8. The van der Waals surface area contributed by atoms with Crippen LogP contribution >= 0.6 is 0 Å². The van der Waals surface area contributed by atoms with Gasteiger partial charge in [0.05, 0.1) is 0 Å². The predicted octanol–water partition coefficient (Wildman–Crippen LogP) is 3.84. The summed E-state index contributed by atoms with van der Waals surface area (Å²) in [4.78, 5) is 10.4. The first-order valence-corrected chi connectivity index (χ1v) is 8.71. The molecule has 3 nitrogen and oxygen atoms in total. The average molecular weight is 380 g/mol. The summed E-state index contributed by atoms with van der Waals surface area (Å²) in [6.07, 6.45) is 15.2. The van der Waals surface area contributed by atoms with Gasteiger partial charge in [-0.15, -0.1) is 0 Å². The summed E-state index contributed by atoms with van der Waals surface area (Å²) in [5, 5.41) is 0. The van der Waals surface area contributed by atoms with Crippen LogP contribution in [0.3, 0.4) is 0 Å². The number of unbranched alkanes of at least 4 members (excludes halogenated alkanes) is 1. The molecule has 2 radical (unpaired) electrons. The van der Waals surface area contributed by atoms with E-state index in [0.717, 1.165) is 25.0 Å². The molecule has 0 aliphatic rings. The molecule has 0 aromatic carbocycles. The molecule has 0 bridgehead atoms. The van der Waals surface area contributed by atoms with E-state index in [0.29, 0.717) is 12.8 Å². The zero-order chi connectivity index (χ0) is 19.7. The fourth-order valence-electron chi connectivity index (χ4n) is 1.57. The number of amides is 1. The fourth-order valence-corrected chi connectivity index (χ4v) is 1.57. The monoisotopic (exact) mass is 380 g/mol. The van der Waals surface area contributed by atoms with E-state index in [1.54, 1.807) is 0 Å². The van der Waals surface area contributed by atoms with Crippen LogP contribution in [0.15, 0.2) is 71.9 Å². The van der Waals surface area contributed by atoms with Crippen LogP contribution in [-0.4, -0.2) is 48.7 Å². The number of hydrogen-bond donors (Lipinski definition) is 2. The first kappa shape index (κ1) is 33.6. The zero-order valence-corrected chi connectivity index (χ0v) is 20.5. The van der Waals surface area contributed by atoms with Crippen molar-refractivity contribution in [3.8, 4) is 0 Å². The van der Waals surface area contributed by atoms with Crippen LogP contribution in [0.5, 0.6) is 0 Å². The molecule has 0 rings (SSSR count). The summed E-state index contributed by atoms with van der Waals surface area (Å²) in [6, 6.07) is 0. The Hall–Kier alpha value is -1.00.